The van der Waals surface area contributed by atoms with E-state index in [4.69, 9.17) is 11.6 Å². The van der Waals surface area contributed by atoms with Gasteiger partial charge in [-0.3, -0.25) is 4.79 Å². The van der Waals surface area contributed by atoms with Crippen LogP contribution in [0.2, 0.25) is 5.02 Å². The molecule has 0 aliphatic carbocycles. The summed E-state index contributed by atoms with van der Waals surface area (Å²) in [6, 6.07) is 10.4. The van der Waals surface area contributed by atoms with Crippen molar-refractivity contribution in [3.05, 3.63) is 60.1 Å². The standard InChI is InChI=1S/C17H11BrClIN2O2/c1-9-13(19)3-2-4-15(9)22-17(24)11(8-21)5-10-6-12(18)7-14(20)16(10)23/h2-7,23H,1H3,(H,22,24)/b11-5+. The lowest BCUT2D eigenvalue weighted by atomic mass is 10.1. The SMILES string of the molecule is Cc1c(Cl)cccc1NC(=O)/C(C#N)=C/c1cc(Br)cc(I)c1O. The molecule has 0 heterocycles. The predicted octanol–water partition coefficient (Wildman–Crippen LogP) is 5.27. The molecular weight excluding hydrogens is 506 g/mol. The summed E-state index contributed by atoms with van der Waals surface area (Å²) in [7, 11) is 0. The van der Waals surface area contributed by atoms with Gasteiger partial charge < -0.3 is 10.4 Å². The Morgan fingerprint density at radius 2 is 2.17 bits per heavy atom. The minimum atomic E-state index is -0.572. The Morgan fingerprint density at radius 1 is 1.46 bits per heavy atom. The molecule has 0 unspecified atom stereocenters. The molecule has 2 rings (SSSR count). The van der Waals surface area contributed by atoms with Gasteiger partial charge in [0.25, 0.3) is 5.91 Å². The van der Waals surface area contributed by atoms with Crippen LogP contribution < -0.4 is 5.32 Å². The van der Waals surface area contributed by atoms with Crippen LogP contribution in [-0.4, -0.2) is 11.0 Å². The Labute approximate surface area is 166 Å². The Kier molecular flexibility index (Phi) is 6.27. The second-order valence-electron chi connectivity index (χ2n) is 4.86. The van der Waals surface area contributed by atoms with Crippen LogP contribution in [-0.2, 0) is 4.79 Å². The van der Waals surface area contributed by atoms with E-state index in [1.165, 1.54) is 6.08 Å². The van der Waals surface area contributed by atoms with Crippen LogP contribution in [0.25, 0.3) is 6.08 Å². The molecule has 0 spiro atoms. The van der Waals surface area contributed by atoms with Gasteiger partial charge in [-0.2, -0.15) is 5.26 Å². The fraction of sp³-hybridized carbons (Fsp3) is 0.0588. The Balaban J connectivity index is 2.37. The number of amides is 1. The summed E-state index contributed by atoms with van der Waals surface area (Å²) in [6.45, 7) is 1.77. The van der Waals surface area contributed by atoms with E-state index >= 15 is 0 Å². The normalized spacial score (nSPS) is 11.0. The van der Waals surface area contributed by atoms with E-state index in [2.05, 4.69) is 21.2 Å². The lowest BCUT2D eigenvalue weighted by Crippen LogP contribution is -2.14. The molecule has 0 aliphatic rings. The molecule has 0 bridgehead atoms. The number of carbonyl (C=O) groups excluding carboxylic acids is 1. The molecule has 0 fully saturated rings. The van der Waals surface area contributed by atoms with Gasteiger partial charge in [-0.15, -0.1) is 0 Å². The summed E-state index contributed by atoms with van der Waals surface area (Å²) in [5.74, 6) is -0.560. The van der Waals surface area contributed by atoms with Gasteiger partial charge in [-0.05, 0) is 65.4 Å². The van der Waals surface area contributed by atoms with Crippen LogP contribution >= 0.6 is 50.1 Å². The van der Waals surface area contributed by atoms with Crippen molar-refractivity contribution in [2.24, 2.45) is 0 Å². The first-order valence-corrected chi connectivity index (χ1v) is 8.94. The molecule has 1 amide bonds. The number of rotatable bonds is 3. The Bertz CT molecular complexity index is 891. The molecular formula is C17H11BrClIN2O2. The van der Waals surface area contributed by atoms with Crippen molar-refractivity contribution in [1.29, 1.82) is 5.26 Å². The number of hydrogen-bond donors (Lipinski definition) is 2. The highest BCUT2D eigenvalue weighted by molar-refractivity contribution is 14.1. The highest BCUT2D eigenvalue weighted by Crippen LogP contribution is 2.30. The molecule has 0 saturated carbocycles. The highest BCUT2D eigenvalue weighted by atomic mass is 127. The van der Waals surface area contributed by atoms with Crippen LogP contribution in [0, 0.1) is 21.8 Å². The largest absolute Gasteiger partial charge is 0.506 e. The third kappa shape index (κ3) is 4.29. The summed E-state index contributed by atoms with van der Waals surface area (Å²) < 4.78 is 1.34. The quantitative estimate of drug-likeness (QED) is 0.331. The Morgan fingerprint density at radius 3 is 2.83 bits per heavy atom. The number of nitrogens with one attached hydrogen (secondary N) is 1. The fourth-order valence-corrected chi connectivity index (χ4v) is 3.66. The second kappa shape index (κ2) is 8.01. The van der Waals surface area contributed by atoms with Crippen LogP contribution in [0.3, 0.4) is 0 Å². The Hall–Kier alpha value is -1.56. The molecule has 0 saturated heterocycles. The molecule has 2 aromatic rings. The van der Waals surface area contributed by atoms with E-state index in [1.807, 2.05) is 28.7 Å². The average Bonchev–Trinajstić information content (AvgIpc) is 2.53. The molecule has 2 N–H and O–H groups in total. The van der Waals surface area contributed by atoms with Gasteiger partial charge in [0.2, 0.25) is 0 Å². The number of halogens is 3. The molecule has 0 radical (unpaired) electrons. The van der Waals surface area contributed by atoms with Gasteiger partial charge in [0.1, 0.15) is 17.4 Å². The van der Waals surface area contributed by atoms with Gasteiger partial charge in [-0.1, -0.05) is 33.6 Å². The maximum atomic E-state index is 12.4. The number of nitrogens with zero attached hydrogens (tertiary/aromatic N) is 1. The summed E-state index contributed by atoms with van der Waals surface area (Å²) in [6.07, 6.45) is 1.34. The van der Waals surface area contributed by atoms with E-state index < -0.39 is 5.91 Å². The number of phenolic OH excluding ortho intramolecular Hbond substituents is 1. The number of nitriles is 1. The first kappa shape index (κ1) is 18.8. The smallest absolute Gasteiger partial charge is 0.266 e. The second-order valence-corrected chi connectivity index (χ2v) is 7.35. The third-order valence-corrected chi connectivity index (χ3v) is 4.93. The molecule has 24 heavy (non-hydrogen) atoms. The van der Waals surface area contributed by atoms with Crippen molar-refractivity contribution in [3.63, 3.8) is 0 Å². The van der Waals surface area contributed by atoms with Crippen molar-refractivity contribution in [2.75, 3.05) is 5.32 Å². The minimum absolute atomic E-state index is 0.0123. The van der Waals surface area contributed by atoms with E-state index in [9.17, 15) is 15.2 Å². The molecule has 0 aliphatic heterocycles. The molecule has 0 atom stereocenters. The van der Waals surface area contributed by atoms with E-state index in [0.717, 1.165) is 4.47 Å². The van der Waals surface area contributed by atoms with E-state index in [-0.39, 0.29) is 11.3 Å². The maximum Gasteiger partial charge on any atom is 0.266 e. The predicted molar refractivity (Wildman–Crippen MR) is 107 cm³/mol. The summed E-state index contributed by atoms with van der Waals surface area (Å²) in [5, 5.41) is 22.6. The number of phenols is 1. The van der Waals surface area contributed by atoms with Gasteiger partial charge in [-0.25, -0.2) is 0 Å². The number of hydrogen-bond acceptors (Lipinski definition) is 3. The van der Waals surface area contributed by atoms with Crippen LogP contribution in [0.15, 0.2) is 40.4 Å². The minimum Gasteiger partial charge on any atom is -0.506 e. The van der Waals surface area contributed by atoms with Crippen LogP contribution in [0.5, 0.6) is 5.75 Å². The molecule has 122 valence electrons. The van der Waals surface area contributed by atoms with Crippen molar-refractivity contribution < 1.29 is 9.90 Å². The lowest BCUT2D eigenvalue weighted by molar-refractivity contribution is -0.112. The average molecular weight is 518 g/mol. The van der Waals surface area contributed by atoms with Crippen molar-refractivity contribution in [3.8, 4) is 11.8 Å². The van der Waals surface area contributed by atoms with Crippen molar-refractivity contribution in [1.82, 2.24) is 0 Å². The molecule has 4 nitrogen and oxygen atoms in total. The molecule has 2 aromatic carbocycles. The van der Waals surface area contributed by atoms with E-state index in [0.29, 0.717) is 25.4 Å². The number of benzene rings is 2. The van der Waals surface area contributed by atoms with E-state index in [1.54, 1.807) is 37.3 Å². The third-order valence-electron chi connectivity index (χ3n) is 3.24. The van der Waals surface area contributed by atoms with Gasteiger partial charge >= 0.3 is 0 Å². The zero-order chi connectivity index (χ0) is 17.9. The van der Waals surface area contributed by atoms with Gasteiger partial charge in [0.05, 0.1) is 3.57 Å². The molecule has 7 heteroatoms. The lowest BCUT2D eigenvalue weighted by Gasteiger charge is -2.09. The first-order valence-electron chi connectivity index (χ1n) is 6.69. The van der Waals surface area contributed by atoms with Crippen molar-refractivity contribution >= 4 is 67.8 Å². The first-order chi connectivity index (χ1) is 11.3. The number of anilines is 1. The zero-order valence-electron chi connectivity index (χ0n) is 12.4. The zero-order valence-corrected chi connectivity index (χ0v) is 16.9. The number of carbonyl (C=O) groups is 1. The van der Waals surface area contributed by atoms with Crippen LogP contribution in [0.4, 0.5) is 5.69 Å². The fourth-order valence-electron chi connectivity index (χ4n) is 1.93. The summed E-state index contributed by atoms with van der Waals surface area (Å²) >= 11 is 11.3. The summed E-state index contributed by atoms with van der Waals surface area (Å²) in [4.78, 5) is 12.4. The maximum absolute atomic E-state index is 12.4. The van der Waals surface area contributed by atoms with Crippen molar-refractivity contribution in [2.45, 2.75) is 6.92 Å². The topological polar surface area (TPSA) is 73.1 Å². The number of aromatic hydroxyl groups is 1. The van der Waals surface area contributed by atoms with Crippen LogP contribution in [0.1, 0.15) is 11.1 Å². The summed E-state index contributed by atoms with van der Waals surface area (Å²) in [5.41, 5.74) is 1.49. The highest BCUT2D eigenvalue weighted by Gasteiger charge is 2.14. The van der Waals surface area contributed by atoms with Gasteiger partial charge in [0.15, 0.2) is 0 Å². The van der Waals surface area contributed by atoms with Gasteiger partial charge in [0, 0.05) is 20.7 Å². The molecule has 0 aromatic heterocycles. The monoisotopic (exact) mass is 516 g/mol.